The monoisotopic (exact) mass is 428 g/mol. The maximum absolute atomic E-state index is 12.9. The third-order valence-corrected chi connectivity index (χ3v) is 5.48. The summed E-state index contributed by atoms with van der Waals surface area (Å²) in [6.45, 7) is -0.580. The lowest BCUT2D eigenvalue weighted by Gasteiger charge is -2.23. The Morgan fingerprint density at radius 1 is 1.24 bits per heavy atom. The second-order valence-electron chi connectivity index (χ2n) is 4.81. The van der Waals surface area contributed by atoms with Crippen molar-refractivity contribution in [1.82, 2.24) is 5.43 Å². The van der Waals surface area contributed by atoms with Crippen molar-refractivity contribution in [1.29, 1.82) is 0 Å². The molecule has 132 valence electrons. The Bertz CT molecular complexity index is 902. The predicted octanol–water partition coefficient (Wildman–Crippen LogP) is 1.54. The van der Waals surface area contributed by atoms with E-state index in [9.17, 15) is 23.3 Å². The van der Waals surface area contributed by atoms with Gasteiger partial charge in [-0.25, -0.2) is 14.3 Å². The number of carbonyl (C=O) groups is 1. The van der Waals surface area contributed by atoms with Crippen LogP contribution in [0.1, 0.15) is 0 Å². The van der Waals surface area contributed by atoms with E-state index in [0.717, 1.165) is 10.4 Å². The van der Waals surface area contributed by atoms with Gasteiger partial charge < -0.3 is 0 Å². The van der Waals surface area contributed by atoms with Crippen LogP contribution in [0.25, 0.3) is 0 Å². The molecule has 0 saturated carbocycles. The van der Waals surface area contributed by atoms with Crippen LogP contribution in [-0.2, 0) is 14.8 Å². The van der Waals surface area contributed by atoms with Crippen LogP contribution >= 0.6 is 15.9 Å². The summed E-state index contributed by atoms with van der Waals surface area (Å²) in [4.78, 5) is 21.5. The summed E-state index contributed by atoms with van der Waals surface area (Å²) >= 11 is 3.24. The van der Waals surface area contributed by atoms with Crippen molar-refractivity contribution < 1.29 is 18.1 Å². The highest BCUT2D eigenvalue weighted by Crippen LogP contribution is 2.27. The van der Waals surface area contributed by atoms with E-state index in [1.54, 1.807) is 12.1 Å². The largest absolute Gasteiger partial charge is 0.293 e. The van der Waals surface area contributed by atoms with Crippen LogP contribution < -0.4 is 15.6 Å². The van der Waals surface area contributed by atoms with E-state index < -0.39 is 27.4 Å². The summed E-state index contributed by atoms with van der Waals surface area (Å²) in [5.41, 5.74) is 1.70. The van der Waals surface area contributed by atoms with Gasteiger partial charge in [-0.2, -0.15) is 0 Å². The minimum atomic E-state index is -4.23. The van der Waals surface area contributed by atoms with E-state index in [1.165, 1.54) is 30.3 Å². The highest BCUT2D eigenvalue weighted by Gasteiger charge is 2.28. The molecule has 0 heterocycles. The Morgan fingerprint density at radius 3 is 2.44 bits per heavy atom. The van der Waals surface area contributed by atoms with Gasteiger partial charge in [-0.1, -0.05) is 22.0 Å². The van der Waals surface area contributed by atoms with Crippen molar-refractivity contribution in [3.8, 4) is 0 Å². The Labute approximate surface area is 151 Å². The first-order valence-corrected chi connectivity index (χ1v) is 9.01. The highest BCUT2D eigenvalue weighted by atomic mass is 79.9. The predicted molar refractivity (Wildman–Crippen MR) is 94.1 cm³/mol. The molecule has 0 spiro atoms. The van der Waals surface area contributed by atoms with Gasteiger partial charge in [0.25, 0.3) is 21.6 Å². The van der Waals surface area contributed by atoms with E-state index >= 15 is 0 Å². The van der Waals surface area contributed by atoms with Crippen LogP contribution in [0, 0.1) is 10.1 Å². The summed E-state index contributed by atoms with van der Waals surface area (Å²) in [6.07, 6.45) is 0. The summed E-state index contributed by atoms with van der Waals surface area (Å²) in [5, 5.41) is 10.9. The van der Waals surface area contributed by atoms with Gasteiger partial charge in [0.15, 0.2) is 0 Å². The number of anilines is 1. The SMILES string of the molecule is NNC(=O)CN(c1ccc(Br)cc1)S(=O)(=O)c1cccc([N+](=O)[O-])c1. The second-order valence-corrected chi connectivity index (χ2v) is 7.59. The molecule has 0 bridgehead atoms. The van der Waals surface area contributed by atoms with Crippen LogP contribution in [0.5, 0.6) is 0 Å². The number of rotatable bonds is 6. The molecule has 0 aromatic heterocycles. The van der Waals surface area contributed by atoms with Gasteiger partial charge in [-0.05, 0) is 30.3 Å². The minimum absolute atomic E-state index is 0.207. The van der Waals surface area contributed by atoms with Crippen molar-refractivity contribution in [3.63, 3.8) is 0 Å². The standard InChI is InChI=1S/C14H13BrN4O5S/c15-10-4-6-11(7-5-10)18(9-14(20)17-16)25(23,24)13-3-1-2-12(8-13)19(21)22/h1-8H,9,16H2,(H,17,20). The van der Waals surface area contributed by atoms with Gasteiger partial charge in [0.05, 0.1) is 15.5 Å². The molecule has 0 aliphatic heterocycles. The summed E-state index contributed by atoms with van der Waals surface area (Å²) < 4.78 is 27.4. The van der Waals surface area contributed by atoms with Gasteiger partial charge in [0.2, 0.25) is 0 Å². The molecule has 0 atom stereocenters. The van der Waals surface area contributed by atoms with Gasteiger partial charge in [0, 0.05) is 16.6 Å². The fourth-order valence-corrected chi connectivity index (χ4v) is 3.71. The Kier molecular flexibility index (Phi) is 5.72. The van der Waals surface area contributed by atoms with Crippen molar-refractivity contribution >= 4 is 43.2 Å². The van der Waals surface area contributed by atoms with E-state index in [0.29, 0.717) is 4.47 Å². The number of hydrazine groups is 1. The molecule has 1 amide bonds. The van der Waals surface area contributed by atoms with E-state index in [1.807, 2.05) is 5.43 Å². The molecule has 25 heavy (non-hydrogen) atoms. The average molecular weight is 429 g/mol. The van der Waals surface area contributed by atoms with Crippen molar-refractivity contribution in [2.45, 2.75) is 4.90 Å². The Balaban J connectivity index is 2.54. The molecule has 2 aromatic carbocycles. The molecule has 11 heteroatoms. The van der Waals surface area contributed by atoms with Gasteiger partial charge >= 0.3 is 0 Å². The van der Waals surface area contributed by atoms with Crippen LogP contribution in [0.15, 0.2) is 57.9 Å². The quantitative estimate of drug-likeness (QED) is 0.310. The zero-order valence-corrected chi connectivity index (χ0v) is 15.0. The van der Waals surface area contributed by atoms with Crippen molar-refractivity contribution in [2.24, 2.45) is 5.84 Å². The number of nitro benzene ring substituents is 1. The smallest absolute Gasteiger partial charge is 0.270 e. The zero-order valence-electron chi connectivity index (χ0n) is 12.6. The number of nitrogens with zero attached hydrogens (tertiary/aromatic N) is 2. The van der Waals surface area contributed by atoms with Gasteiger partial charge in [-0.3, -0.25) is 24.6 Å². The van der Waals surface area contributed by atoms with Gasteiger partial charge in [0.1, 0.15) is 6.54 Å². The average Bonchev–Trinajstić information content (AvgIpc) is 2.60. The topological polar surface area (TPSA) is 136 Å². The van der Waals surface area contributed by atoms with E-state index in [4.69, 9.17) is 5.84 Å². The summed E-state index contributed by atoms with van der Waals surface area (Å²) in [5.74, 6) is 4.31. The number of carbonyl (C=O) groups excluding carboxylic acids is 1. The third kappa shape index (κ3) is 4.32. The highest BCUT2D eigenvalue weighted by molar-refractivity contribution is 9.10. The molecule has 0 aliphatic carbocycles. The first-order chi connectivity index (χ1) is 11.8. The first kappa shape index (κ1) is 18.8. The number of hydrogen-bond acceptors (Lipinski definition) is 6. The van der Waals surface area contributed by atoms with Crippen LogP contribution in [0.3, 0.4) is 0 Å². The molecule has 3 N–H and O–H groups in total. The molecule has 0 fully saturated rings. The fraction of sp³-hybridized carbons (Fsp3) is 0.0714. The number of nitrogens with two attached hydrogens (primary N) is 1. The number of hydrogen-bond donors (Lipinski definition) is 2. The normalized spacial score (nSPS) is 11.0. The van der Waals surface area contributed by atoms with Gasteiger partial charge in [-0.15, -0.1) is 0 Å². The fourth-order valence-electron chi connectivity index (χ4n) is 1.98. The Hall–Kier alpha value is -2.50. The maximum atomic E-state index is 12.9. The van der Waals surface area contributed by atoms with E-state index in [-0.39, 0.29) is 16.3 Å². The first-order valence-electron chi connectivity index (χ1n) is 6.78. The number of non-ortho nitro benzene ring substituents is 1. The second kappa shape index (κ2) is 7.59. The minimum Gasteiger partial charge on any atom is -0.293 e. The number of nitro groups is 1. The third-order valence-electron chi connectivity index (χ3n) is 3.18. The number of halogens is 1. The summed E-state index contributed by atoms with van der Waals surface area (Å²) in [7, 11) is -4.23. The summed E-state index contributed by atoms with van der Waals surface area (Å²) in [6, 6.07) is 10.8. The number of benzene rings is 2. The molecular weight excluding hydrogens is 416 g/mol. The number of nitrogens with one attached hydrogen (secondary N) is 1. The maximum Gasteiger partial charge on any atom is 0.270 e. The van der Waals surface area contributed by atoms with Crippen LogP contribution in [0.4, 0.5) is 11.4 Å². The Morgan fingerprint density at radius 2 is 1.88 bits per heavy atom. The molecule has 0 radical (unpaired) electrons. The molecular formula is C14H13BrN4O5S. The van der Waals surface area contributed by atoms with Crippen LogP contribution in [-0.4, -0.2) is 25.8 Å². The molecule has 0 saturated heterocycles. The lowest BCUT2D eigenvalue weighted by molar-refractivity contribution is -0.385. The number of amides is 1. The lowest BCUT2D eigenvalue weighted by atomic mass is 10.3. The molecule has 0 unspecified atom stereocenters. The van der Waals surface area contributed by atoms with Crippen LogP contribution in [0.2, 0.25) is 0 Å². The number of sulfonamides is 1. The molecule has 2 rings (SSSR count). The zero-order chi connectivity index (χ0) is 18.6. The lowest BCUT2D eigenvalue weighted by Crippen LogP contribution is -2.43. The van der Waals surface area contributed by atoms with Crippen molar-refractivity contribution in [3.05, 3.63) is 63.1 Å². The van der Waals surface area contributed by atoms with E-state index in [2.05, 4.69) is 15.9 Å². The molecule has 0 aliphatic rings. The molecule has 2 aromatic rings. The van der Waals surface area contributed by atoms with Crippen molar-refractivity contribution in [2.75, 3.05) is 10.8 Å². The molecule has 9 nitrogen and oxygen atoms in total.